The van der Waals surface area contributed by atoms with Crippen LogP contribution in [0.5, 0.6) is 17.2 Å². The molecule has 1 fully saturated rings. The van der Waals surface area contributed by atoms with E-state index in [0.717, 1.165) is 43.1 Å². The van der Waals surface area contributed by atoms with E-state index in [0.29, 0.717) is 19.0 Å². The second kappa shape index (κ2) is 9.40. The molecule has 6 nitrogen and oxygen atoms in total. The largest absolute Gasteiger partial charge is 0.492 e. The summed E-state index contributed by atoms with van der Waals surface area (Å²) >= 11 is 0. The van der Waals surface area contributed by atoms with Crippen LogP contribution in [0.4, 0.5) is 0 Å². The summed E-state index contributed by atoms with van der Waals surface area (Å²) in [4.78, 5) is 6.47. The van der Waals surface area contributed by atoms with Gasteiger partial charge in [0.25, 0.3) is 0 Å². The van der Waals surface area contributed by atoms with E-state index < -0.39 is 0 Å². The Morgan fingerprint density at radius 1 is 1.15 bits per heavy atom. The second-order valence-corrected chi connectivity index (χ2v) is 6.24. The van der Waals surface area contributed by atoms with Gasteiger partial charge < -0.3 is 19.3 Å². The third kappa shape index (κ3) is 5.09. The lowest BCUT2D eigenvalue weighted by atomic mass is 10.2. The molecule has 0 bridgehead atoms. The first kappa shape index (κ1) is 18.5. The van der Waals surface area contributed by atoms with Crippen LogP contribution in [0.15, 0.2) is 42.7 Å². The quantitative estimate of drug-likeness (QED) is 0.743. The molecule has 1 aromatic carbocycles. The van der Waals surface area contributed by atoms with Crippen LogP contribution >= 0.6 is 0 Å². The highest BCUT2D eigenvalue weighted by atomic mass is 16.5. The average molecular weight is 358 g/mol. The molecule has 26 heavy (non-hydrogen) atoms. The van der Waals surface area contributed by atoms with E-state index in [-0.39, 0.29) is 12.7 Å². The zero-order valence-electron chi connectivity index (χ0n) is 15.1. The molecule has 0 spiro atoms. The van der Waals surface area contributed by atoms with Crippen LogP contribution in [-0.2, 0) is 6.61 Å². The number of ether oxygens (including phenoxy) is 3. The Morgan fingerprint density at radius 2 is 2.00 bits per heavy atom. The Labute approximate surface area is 154 Å². The van der Waals surface area contributed by atoms with Crippen LogP contribution in [0.1, 0.15) is 18.9 Å². The fourth-order valence-electron chi connectivity index (χ4n) is 2.99. The lowest BCUT2D eigenvalue weighted by Gasteiger charge is -2.18. The summed E-state index contributed by atoms with van der Waals surface area (Å²) in [5, 5.41) is 9.05. The minimum atomic E-state index is 0.0530. The number of rotatable bonds is 9. The van der Waals surface area contributed by atoms with Crippen molar-refractivity contribution in [1.29, 1.82) is 0 Å². The molecule has 1 saturated heterocycles. The Morgan fingerprint density at radius 3 is 2.77 bits per heavy atom. The molecule has 1 atom stereocenters. The zero-order valence-corrected chi connectivity index (χ0v) is 15.1. The Kier molecular flexibility index (Phi) is 6.68. The maximum Gasteiger partial charge on any atom is 0.179 e. The first-order valence-corrected chi connectivity index (χ1v) is 9.07. The summed E-state index contributed by atoms with van der Waals surface area (Å²) in [6, 6.07) is 9.36. The number of benzene rings is 1. The van der Waals surface area contributed by atoms with Gasteiger partial charge in [-0.2, -0.15) is 0 Å². The molecule has 6 heteroatoms. The Balaban J connectivity index is 1.42. The van der Waals surface area contributed by atoms with E-state index in [1.54, 1.807) is 12.4 Å². The molecule has 140 valence electrons. The van der Waals surface area contributed by atoms with Gasteiger partial charge in [0.15, 0.2) is 11.5 Å². The van der Waals surface area contributed by atoms with Gasteiger partial charge >= 0.3 is 0 Å². The SMILES string of the molecule is CCOc1ccncc1OC1CCN(CCOc2ccc(CO)cc2)C1. The van der Waals surface area contributed by atoms with E-state index in [2.05, 4.69) is 9.88 Å². The molecular weight excluding hydrogens is 332 g/mol. The molecule has 1 aromatic heterocycles. The zero-order chi connectivity index (χ0) is 18.2. The topological polar surface area (TPSA) is 64.1 Å². The highest BCUT2D eigenvalue weighted by molar-refractivity contribution is 5.36. The van der Waals surface area contributed by atoms with Gasteiger partial charge in [0.05, 0.1) is 19.4 Å². The van der Waals surface area contributed by atoms with Gasteiger partial charge in [-0.25, -0.2) is 0 Å². The summed E-state index contributed by atoms with van der Waals surface area (Å²) in [7, 11) is 0. The lowest BCUT2D eigenvalue weighted by Crippen LogP contribution is -2.28. The van der Waals surface area contributed by atoms with Crippen LogP contribution in [0.3, 0.4) is 0 Å². The van der Waals surface area contributed by atoms with Gasteiger partial charge in [0, 0.05) is 31.9 Å². The molecule has 0 amide bonds. The smallest absolute Gasteiger partial charge is 0.179 e. The molecule has 0 saturated carbocycles. The van der Waals surface area contributed by atoms with Gasteiger partial charge in [0.2, 0.25) is 0 Å². The van der Waals surface area contributed by atoms with Crippen molar-refractivity contribution in [2.75, 3.05) is 32.8 Å². The molecule has 1 aliphatic rings. The van der Waals surface area contributed by atoms with Crippen LogP contribution in [-0.4, -0.2) is 53.9 Å². The number of hydrogen-bond acceptors (Lipinski definition) is 6. The molecular formula is C20H26N2O4. The van der Waals surface area contributed by atoms with Crippen LogP contribution in [0.2, 0.25) is 0 Å². The van der Waals surface area contributed by atoms with Crippen molar-refractivity contribution in [2.24, 2.45) is 0 Å². The van der Waals surface area contributed by atoms with Crippen LogP contribution < -0.4 is 14.2 Å². The first-order chi connectivity index (χ1) is 12.8. The number of aliphatic hydroxyl groups excluding tert-OH is 1. The summed E-state index contributed by atoms with van der Waals surface area (Å²) in [5.74, 6) is 2.28. The Hall–Kier alpha value is -2.31. The predicted octanol–water partition coefficient (Wildman–Crippen LogP) is 2.50. The van der Waals surface area contributed by atoms with E-state index >= 15 is 0 Å². The minimum Gasteiger partial charge on any atom is -0.492 e. The van der Waals surface area contributed by atoms with E-state index in [1.165, 1.54) is 0 Å². The fraction of sp³-hybridized carbons (Fsp3) is 0.450. The molecule has 2 heterocycles. The standard InChI is InChI=1S/C20H26N2O4/c1-2-24-19-7-9-21-13-20(19)26-18-8-10-22(14-18)11-12-25-17-5-3-16(15-23)4-6-17/h3-7,9,13,18,23H,2,8,10-12,14-15H2,1H3. The summed E-state index contributed by atoms with van der Waals surface area (Å²) in [6.07, 6.45) is 4.55. The van der Waals surface area contributed by atoms with Gasteiger partial charge in [-0.1, -0.05) is 12.1 Å². The molecule has 1 unspecified atom stereocenters. The molecule has 2 aromatic rings. The maximum absolute atomic E-state index is 9.05. The first-order valence-electron chi connectivity index (χ1n) is 9.07. The van der Waals surface area contributed by atoms with E-state index in [9.17, 15) is 0 Å². The minimum absolute atomic E-state index is 0.0530. The lowest BCUT2D eigenvalue weighted by molar-refractivity contribution is 0.178. The van der Waals surface area contributed by atoms with Crippen molar-refractivity contribution < 1.29 is 19.3 Å². The van der Waals surface area contributed by atoms with Gasteiger partial charge in [0.1, 0.15) is 18.5 Å². The third-order valence-corrected chi connectivity index (χ3v) is 4.35. The predicted molar refractivity (Wildman–Crippen MR) is 98.7 cm³/mol. The molecule has 0 radical (unpaired) electrons. The third-order valence-electron chi connectivity index (χ3n) is 4.35. The van der Waals surface area contributed by atoms with Crippen LogP contribution in [0, 0.1) is 0 Å². The van der Waals surface area contributed by atoms with Gasteiger partial charge in [-0.3, -0.25) is 9.88 Å². The van der Waals surface area contributed by atoms with Crippen molar-refractivity contribution in [1.82, 2.24) is 9.88 Å². The van der Waals surface area contributed by atoms with Crippen molar-refractivity contribution in [3.8, 4) is 17.2 Å². The van der Waals surface area contributed by atoms with Crippen molar-refractivity contribution >= 4 is 0 Å². The number of nitrogens with zero attached hydrogens (tertiary/aromatic N) is 2. The second-order valence-electron chi connectivity index (χ2n) is 6.24. The summed E-state index contributed by atoms with van der Waals surface area (Å²) in [6.45, 7) is 5.95. The fourth-order valence-corrected chi connectivity index (χ4v) is 2.99. The van der Waals surface area contributed by atoms with Crippen molar-refractivity contribution in [2.45, 2.75) is 26.1 Å². The van der Waals surface area contributed by atoms with Crippen molar-refractivity contribution in [3.05, 3.63) is 48.3 Å². The van der Waals surface area contributed by atoms with E-state index in [1.807, 2.05) is 37.3 Å². The average Bonchev–Trinajstić information content (AvgIpc) is 3.11. The normalized spacial score (nSPS) is 17.2. The highest BCUT2D eigenvalue weighted by Crippen LogP contribution is 2.28. The number of hydrogen-bond donors (Lipinski definition) is 1. The molecule has 0 aliphatic carbocycles. The van der Waals surface area contributed by atoms with Gasteiger partial charge in [-0.05, 0) is 31.0 Å². The molecule has 1 aliphatic heterocycles. The number of aliphatic hydroxyl groups is 1. The maximum atomic E-state index is 9.05. The highest BCUT2D eigenvalue weighted by Gasteiger charge is 2.24. The van der Waals surface area contributed by atoms with Crippen LogP contribution in [0.25, 0.3) is 0 Å². The monoisotopic (exact) mass is 358 g/mol. The number of likely N-dealkylation sites (tertiary alicyclic amines) is 1. The molecule has 1 N–H and O–H groups in total. The number of aromatic nitrogens is 1. The van der Waals surface area contributed by atoms with E-state index in [4.69, 9.17) is 19.3 Å². The summed E-state index contributed by atoms with van der Waals surface area (Å²) in [5.41, 5.74) is 0.888. The number of pyridine rings is 1. The summed E-state index contributed by atoms with van der Waals surface area (Å²) < 4.78 is 17.5. The van der Waals surface area contributed by atoms with Crippen molar-refractivity contribution in [3.63, 3.8) is 0 Å². The Bertz CT molecular complexity index is 678. The molecule has 3 rings (SSSR count). The van der Waals surface area contributed by atoms with Gasteiger partial charge in [-0.15, -0.1) is 0 Å².